The first kappa shape index (κ1) is 12.4. The third kappa shape index (κ3) is 2.69. The van der Waals surface area contributed by atoms with Gasteiger partial charge < -0.3 is 9.47 Å². The first-order valence-corrected chi connectivity index (χ1v) is 6.22. The predicted octanol–water partition coefficient (Wildman–Crippen LogP) is 2.27. The molecule has 1 N–H and O–H groups in total. The molecule has 102 valence electrons. The van der Waals surface area contributed by atoms with Gasteiger partial charge in [0.1, 0.15) is 0 Å². The van der Waals surface area contributed by atoms with Crippen molar-refractivity contribution in [3.05, 3.63) is 41.2 Å². The average molecular weight is 270 g/mol. The lowest BCUT2D eigenvalue weighted by atomic mass is 10.2. The Bertz CT molecular complexity index is 650. The molecule has 0 saturated carbocycles. The summed E-state index contributed by atoms with van der Waals surface area (Å²) in [6.07, 6.45) is 1.68. The first-order chi connectivity index (χ1) is 9.70. The second kappa shape index (κ2) is 5.16. The molecule has 20 heavy (non-hydrogen) atoms. The van der Waals surface area contributed by atoms with Crippen LogP contribution in [0.2, 0.25) is 0 Å². The van der Waals surface area contributed by atoms with E-state index in [2.05, 4.69) is 20.5 Å². The van der Waals surface area contributed by atoms with Crippen LogP contribution in [-0.4, -0.2) is 23.0 Å². The summed E-state index contributed by atoms with van der Waals surface area (Å²) in [5.41, 5.74) is 5.53. The lowest BCUT2D eigenvalue weighted by Gasteiger charge is -2.01. The third-order valence-corrected chi connectivity index (χ3v) is 2.76. The van der Waals surface area contributed by atoms with Gasteiger partial charge >= 0.3 is 0 Å². The number of hydrazone groups is 1. The van der Waals surface area contributed by atoms with Crippen molar-refractivity contribution < 1.29 is 9.47 Å². The number of benzene rings is 1. The summed E-state index contributed by atoms with van der Waals surface area (Å²) in [4.78, 5) is 8.48. The van der Waals surface area contributed by atoms with Crippen LogP contribution in [0.1, 0.15) is 17.0 Å². The standard InChI is InChI=1S/C14H14N4O2/c1-9-5-10(2)17-14(16-9)18-15-7-11-3-4-12-13(6-11)20-8-19-12/h3-7H,8H2,1-2H3,(H,16,17,18)/b15-7-. The SMILES string of the molecule is Cc1cc(C)nc(N/N=C\c2ccc3c(c2)OCO3)n1. The van der Waals surface area contributed by atoms with Gasteiger partial charge in [0, 0.05) is 11.4 Å². The third-order valence-electron chi connectivity index (χ3n) is 2.76. The second-order valence-electron chi connectivity index (χ2n) is 4.46. The number of hydrogen-bond donors (Lipinski definition) is 1. The molecule has 1 aromatic heterocycles. The summed E-state index contributed by atoms with van der Waals surface area (Å²) in [6.45, 7) is 4.10. The van der Waals surface area contributed by atoms with Crippen molar-refractivity contribution in [1.29, 1.82) is 0 Å². The van der Waals surface area contributed by atoms with E-state index in [1.807, 2.05) is 38.1 Å². The summed E-state index contributed by atoms with van der Waals surface area (Å²) in [7, 11) is 0. The van der Waals surface area contributed by atoms with Crippen LogP contribution in [0.3, 0.4) is 0 Å². The molecule has 2 heterocycles. The van der Waals surface area contributed by atoms with E-state index >= 15 is 0 Å². The summed E-state index contributed by atoms with van der Waals surface area (Å²) in [6, 6.07) is 7.54. The van der Waals surface area contributed by atoms with E-state index in [0.29, 0.717) is 5.95 Å². The normalized spacial score (nSPS) is 12.9. The second-order valence-corrected chi connectivity index (χ2v) is 4.46. The number of anilines is 1. The fourth-order valence-electron chi connectivity index (χ4n) is 1.93. The van der Waals surface area contributed by atoms with Crippen molar-refractivity contribution in [3.63, 3.8) is 0 Å². The van der Waals surface area contributed by atoms with Crippen LogP contribution in [0, 0.1) is 13.8 Å². The van der Waals surface area contributed by atoms with E-state index in [0.717, 1.165) is 28.5 Å². The molecule has 0 atom stereocenters. The Hall–Kier alpha value is -2.63. The van der Waals surface area contributed by atoms with Gasteiger partial charge in [-0.15, -0.1) is 0 Å². The Morgan fingerprint density at radius 3 is 2.65 bits per heavy atom. The number of hydrogen-bond acceptors (Lipinski definition) is 6. The van der Waals surface area contributed by atoms with Gasteiger partial charge in [-0.05, 0) is 43.7 Å². The quantitative estimate of drug-likeness (QED) is 0.684. The molecule has 1 aliphatic rings. The molecule has 0 amide bonds. The Labute approximate surface area is 116 Å². The van der Waals surface area contributed by atoms with Crippen molar-refractivity contribution in [3.8, 4) is 11.5 Å². The van der Waals surface area contributed by atoms with Crippen molar-refractivity contribution in [2.45, 2.75) is 13.8 Å². The van der Waals surface area contributed by atoms with Crippen molar-refractivity contribution in [2.24, 2.45) is 5.10 Å². The Morgan fingerprint density at radius 1 is 1.10 bits per heavy atom. The molecule has 1 aliphatic heterocycles. The minimum Gasteiger partial charge on any atom is -0.454 e. The van der Waals surface area contributed by atoms with E-state index < -0.39 is 0 Å². The molecular formula is C14H14N4O2. The van der Waals surface area contributed by atoms with E-state index in [1.54, 1.807) is 6.21 Å². The zero-order valence-corrected chi connectivity index (χ0v) is 11.3. The van der Waals surface area contributed by atoms with Gasteiger partial charge in [-0.2, -0.15) is 5.10 Å². The number of aryl methyl sites for hydroxylation is 2. The highest BCUT2D eigenvalue weighted by atomic mass is 16.7. The van der Waals surface area contributed by atoms with Crippen LogP contribution in [-0.2, 0) is 0 Å². The Kier molecular flexibility index (Phi) is 3.20. The summed E-state index contributed by atoms with van der Waals surface area (Å²) < 4.78 is 10.6. The first-order valence-electron chi connectivity index (χ1n) is 6.22. The van der Waals surface area contributed by atoms with Crippen LogP contribution < -0.4 is 14.9 Å². The minimum atomic E-state index is 0.268. The number of aromatic nitrogens is 2. The topological polar surface area (TPSA) is 68.6 Å². The van der Waals surface area contributed by atoms with Gasteiger partial charge in [0.2, 0.25) is 12.7 Å². The van der Waals surface area contributed by atoms with Gasteiger partial charge in [-0.1, -0.05) is 0 Å². The van der Waals surface area contributed by atoms with Crippen molar-refractivity contribution in [1.82, 2.24) is 9.97 Å². The van der Waals surface area contributed by atoms with Crippen LogP contribution in [0.4, 0.5) is 5.95 Å². The molecule has 0 saturated heterocycles. The molecule has 1 aromatic carbocycles. The molecule has 0 radical (unpaired) electrons. The number of ether oxygens (including phenoxy) is 2. The van der Waals surface area contributed by atoms with Gasteiger partial charge in [-0.25, -0.2) is 15.4 Å². The maximum atomic E-state index is 5.31. The molecule has 6 heteroatoms. The van der Waals surface area contributed by atoms with Crippen LogP contribution in [0.25, 0.3) is 0 Å². The molecular weight excluding hydrogens is 256 g/mol. The van der Waals surface area contributed by atoms with E-state index in [-0.39, 0.29) is 6.79 Å². The number of nitrogens with zero attached hydrogens (tertiary/aromatic N) is 3. The predicted molar refractivity (Wildman–Crippen MR) is 75.3 cm³/mol. The van der Waals surface area contributed by atoms with Gasteiger partial charge in [0.05, 0.1) is 6.21 Å². The number of fused-ring (bicyclic) bond motifs is 1. The largest absolute Gasteiger partial charge is 0.454 e. The number of nitrogens with one attached hydrogen (secondary N) is 1. The van der Waals surface area contributed by atoms with Gasteiger partial charge in [0.15, 0.2) is 11.5 Å². The maximum Gasteiger partial charge on any atom is 0.243 e. The zero-order valence-electron chi connectivity index (χ0n) is 11.3. The van der Waals surface area contributed by atoms with Crippen LogP contribution in [0.15, 0.2) is 29.4 Å². The Balaban J connectivity index is 1.71. The van der Waals surface area contributed by atoms with Crippen molar-refractivity contribution >= 4 is 12.2 Å². The molecule has 0 fully saturated rings. The highest BCUT2D eigenvalue weighted by Crippen LogP contribution is 2.31. The lowest BCUT2D eigenvalue weighted by Crippen LogP contribution is -1.99. The van der Waals surface area contributed by atoms with Crippen LogP contribution in [0.5, 0.6) is 11.5 Å². The summed E-state index contributed by atoms with van der Waals surface area (Å²) in [5.74, 6) is 1.98. The average Bonchev–Trinajstić information content (AvgIpc) is 2.85. The fraction of sp³-hybridized carbons (Fsp3) is 0.214. The molecule has 6 nitrogen and oxygen atoms in total. The van der Waals surface area contributed by atoms with E-state index in [1.165, 1.54) is 0 Å². The maximum absolute atomic E-state index is 5.31. The van der Waals surface area contributed by atoms with Crippen LogP contribution >= 0.6 is 0 Å². The Morgan fingerprint density at radius 2 is 1.85 bits per heavy atom. The van der Waals surface area contributed by atoms with Gasteiger partial charge in [0.25, 0.3) is 0 Å². The molecule has 0 bridgehead atoms. The fourth-order valence-corrected chi connectivity index (χ4v) is 1.93. The highest BCUT2D eigenvalue weighted by Gasteiger charge is 2.12. The zero-order chi connectivity index (χ0) is 13.9. The highest BCUT2D eigenvalue weighted by molar-refractivity contribution is 5.81. The smallest absolute Gasteiger partial charge is 0.243 e. The summed E-state index contributed by atoms with van der Waals surface area (Å²) >= 11 is 0. The van der Waals surface area contributed by atoms with Gasteiger partial charge in [-0.3, -0.25) is 0 Å². The molecule has 3 rings (SSSR count). The molecule has 0 aliphatic carbocycles. The van der Waals surface area contributed by atoms with E-state index in [9.17, 15) is 0 Å². The summed E-state index contributed by atoms with van der Waals surface area (Å²) in [5, 5.41) is 4.12. The van der Waals surface area contributed by atoms with Crippen molar-refractivity contribution in [2.75, 3.05) is 12.2 Å². The number of rotatable bonds is 3. The minimum absolute atomic E-state index is 0.268. The molecule has 0 spiro atoms. The molecule has 2 aromatic rings. The molecule has 0 unspecified atom stereocenters. The lowest BCUT2D eigenvalue weighted by molar-refractivity contribution is 0.174. The van der Waals surface area contributed by atoms with E-state index in [4.69, 9.17) is 9.47 Å². The monoisotopic (exact) mass is 270 g/mol.